The van der Waals surface area contributed by atoms with Crippen LogP contribution in [0.2, 0.25) is 0 Å². The lowest BCUT2D eigenvalue weighted by Gasteiger charge is -2.37. The third kappa shape index (κ3) is 2.28. The van der Waals surface area contributed by atoms with Gasteiger partial charge in [0.1, 0.15) is 0 Å². The second-order valence-electron chi connectivity index (χ2n) is 5.32. The Morgan fingerprint density at radius 3 is 2.95 bits per heavy atom. The lowest BCUT2D eigenvalue weighted by Crippen LogP contribution is -2.48. The fourth-order valence-corrected chi connectivity index (χ4v) is 3.17. The highest BCUT2D eigenvalue weighted by Gasteiger charge is 2.38. The van der Waals surface area contributed by atoms with Gasteiger partial charge in [0, 0.05) is 11.6 Å². The van der Waals surface area contributed by atoms with Gasteiger partial charge in [-0.3, -0.25) is 0 Å². The summed E-state index contributed by atoms with van der Waals surface area (Å²) in [6.45, 7) is 2.09. The van der Waals surface area contributed by atoms with Crippen molar-refractivity contribution in [2.75, 3.05) is 11.9 Å². The van der Waals surface area contributed by atoms with E-state index < -0.39 is 12.0 Å². The third-order valence-electron chi connectivity index (χ3n) is 4.13. The number of rotatable bonds is 3. The van der Waals surface area contributed by atoms with E-state index in [1.54, 1.807) is 25.1 Å². The van der Waals surface area contributed by atoms with Crippen molar-refractivity contribution in [3.8, 4) is 0 Å². The summed E-state index contributed by atoms with van der Waals surface area (Å²) >= 11 is 0. The predicted octanol–water partition coefficient (Wildman–Crippen LogP) is 1.07. The summed E-state index contributed by atoms with van der Waals surface area (Å²) in [5, 5.41) is 14.3. The molecule has 0 bridgehead atoms. The molecular formula is C16H16NO4-. The van der Waals surface area contributed by atoms with Crippen molar-refractivity contribution >= 4 is 17.6 Å². The van der Waals surface area contributed by atoms with Crippen molar-refractivity contribution < 1.29 is 19.4 Å². The van der Waals surface area contributed by atoms with Crippen molar-refractivity contribution in [1.82, 2.24) is 0 Å². The van der Waals surface area contributed by atoms with Crippen LogP contribution in [-0.4, -0.2) is 24.6 Å². The fraction of sp³-hybridized carbons (Fsp3) is 0.375. The number of hydrogen-bond acceptors (Lipinski definition) is 5. The highest BCUT2D eigenvalue weighted by atomic mass is 16.5. The minimum Gasteiger partial charge on any atom is -0.548 e. The largest absolute Gasteiger partial charge is 0.548 e. The minimum absolute atomic E-state index is 0.00136. The van der Waals surface area contributed by atoms with Crippen molar-refractivity contribution in [2.45, 2.75) is 25.3 Å². The van der Waals surface area contributed by atoms with Crippen LogP contribution in [-0.2, 0) is 9.53 Å². The maximum Gasteiger partial charge on any atom is 0.338 e. The van der Waals surface area contributed by atoms with Crippen LogP contribution < -0.4 is 10.4 Å². The Bertz CT molecular complexity index is 623. The van der Waals surface area contributed by atoms with E-state index in [4.69, 9.17) is 4.74 Å². The molecule has 110 valence electrons. The number of allylic oxidation sites excluding steroid dienone is 2. The highest BCUT2D eigenvalue weighted by molar-refractivity contribution is 5.91. The average Bonchev–Trinajstić information content (AvgIpc) is 2.95. The van der Waals surface area contributed by atoms with E-state index >= 15 is 0 Å². The van der Waals surface area contributed by atoms with Gasteiger partial charge in [0.2, 0.25) is 0 Å². The summed E-state index contributed by atoms with van der Waals surface area (Å²) < 4.78 is 5.01. The molecule has 0 unspecified atom stereocenters. The number of nitrogens with one attached hydrogen (secondary N) is 1. The maximum atomic E-state index is 11.8. The van der Waals surface area contributed by atoms with Crippen LogP contribution >= 0.6 is 0 Å². The summed E-state index contributed by atoms with van der Waals surface area (Å²) in [5.41, 5.74) is 2.17. The molecule has 5 nitrogen and oxygen atoms in total. The molecule has 0 saturated carbocycles. The average molecular weight is 286 g/mol. The topological polar surface area (TPSA) is 78.5 Å². The van der Waals surface area contributed by atoms with Gasteiger partial charge in [0.25, 0.3) is 0 Å². The van der Waals surface area contributed by atoms with E-state index in [0.29, 0.717) is 18.6 Å². The molecule has 3 rings (SSSR count). The second-order valence-corrected chi connectivity index (χ2v) is 5.32. The SMILES string of the molecule is CCOC(=O)c1ccc2c(c1)[C@@H]1C=CC[C@@H]1[C@H](C(=O)[O-])N2. The lowest BCUT2D eigenvalue weighted by molar-refractivity contribution is -0.308. The van der Waals surface area contributed by atoms with E-state index in [1.807, 2.05) is 12.2 Å². The Hall–Kier alpha value is -2.30. The summed E-state index contributed by atoms with van der Waals surface area (Å²) in [6.07, 6.45) is 4.69. The number of carboxylic acid groups (broad SMARTS) is 1. The zero-order valence-corrected chi connectivity index (χ0v) is 11.7. The van der Waals surface area contributed by atoms with E-state index in [1.165, 1.54) is 0 Å². The number of benzene rings is 1. The monoisotopic (exact) mass is 286 g/mol. The number of carbonyl (C=O) groups excluding carboxylic acids is 2. The third-order valence-corrected chi connectivity index (χ3v) is 4.13. The Balaban J connectivity index is 1.99. The van der Waals surface area contributed by atoms with Gasteiger partial charge in [-0.25, -0.2) is 4.79 Å². The number of anilines is 1. The van der Waals surface area contributed by atoms with Crippen LogP contribution in [0.25, 0.3) is 0 Å². The predicted molar refractivity (Wildman–Crippen MR) is 74.8 cm³/mol. The van der Waals surface area contributed by atoms with E-state index in [0.717, 1.165) is 11.3 Å². The molecule has 1 aliphatic heterocycles. The fourth-order valence-electron chi connectivity index (χ4n) is 3.17. The van der Waals surface area contributed by atoms with Crippen molar-refractivity contribution in [3.05, 3.63) is 41.5 Å². The quantitative estimate of drug-likeness (QED) is 0.664. The molecule has 1 N–H and O–H groups in total. The van der Waals surface area contributed by atoms with Gasteiger partial charge in [0.15, 0.2) is 0 Å². The molecule has 0 spiro atoms. The van der Waals surface area contributed by atoms with Crippen LogP contribution in [0, 0.1) is 5.92 Å². The molecule has 0 amide bonds. The lowest BCUT2D eigenvalue weighted by atomic mass is 9.79. The standard InChI is InChI=1S/C16H17NO4/c1-2-21-16(20)9-6-7-13-12(8-9)10-4-3-5-11(10)14(17-13)15(18)19/h3-4,6-8,10-11,14,17H,2,5H2,1H3,(H,18,19)/p-1/t10-,11+,14-/m1/s1. The molecule has 0 aromatic heterocycles. The first-order chi connectivity index (χ1) is 10.1. The molecule has 5 heteroatoms. The normalized spacial score (nSPS) is 25.7. The molecule has 0 radical (unpaired) electrons. The molecule has 1 heterocycles. The van der Waals surface area contributed by atoms with E-state index in [9.17, 15) is 14.7 Å². The van der Waals surface area contributed by atoms with Crippen LogP contribution in [0.4, 0.5) is 5.69 Å². The van der Waals surface area contributed by atoms with Gasteiger partial charge >= 0.3 is 5.97 Å². The molecule has 1 aromatic carbocycles. The Kier molecular flexibility index (Phi) is 3.41. The van der Waals surface area contributed by atoms with Gasteiger partial charge in [0.05, 0.1) is 24.2 Å². The van der Waals surface area contributed by atoms with Gasteiger partial charge in [-0.05, 0) is 43.0 Å². The number of carbonyl (C=O) groups is 2. The Morgan fingerprint density at radius 2 is 2.24 bits per heavy atom. The first-order valence-electron chi connectivity index (χ1n) is 7.07. The zero-order valence-electron chi connectivity index (χ0n) is 11.7. The van der Waals surface area contributed by atoms with Crippen LogP contribution in [0.1, 0.15) is 35.2 Å². The highest BCUT2D eigenvalue weighted by Crippen LogP contribution is 2.44. The van der Waals surface area contributed by atoms with Crippen molar-refractivity contribution in [1.29, 1.82) is 0 Å². The number of fused-ring (bicyclic) bond motifs is 3. The Morgan fingerprint density at radius 1 is 1.43 bits per heavy atom. The molecule has 21 heavy (non-hydrogen) atoms. The molecule has 0 saturated heterocycles. The van der Waals surface area contributed by atoms with Crippen LogP contribution in [0.5, 0.6) is 0 Å². The van der Waals surface area contributed by atoms with Gasteiger partial charge in [-0.15, -0.1) is 0 Å². The van der Waals surface area contributed by atoms with Gasteiger partial charge in [-0.1, -0.05) is 12.2 Å². The molecule has 1 aliphatic carbocycles. The van der Waals surface area contributed by atoms with E-state index in [-0.39, 0.29) is 17.8 Å². The summed E-state index contributed by atoms with van der Waals surface area (Å²) in [5.74, 6) is -1.52. The number of aliphatic carboxylic acids is 1. The minimum atomic E-state index is -1.09. The van der Waals surface area contributed by atoms with Crippen molar-refractivity contribution in [3.63, 3.8) is 0 Å². The zero-order chi connectivity index (χ0) is 15.0. The number of hydrogen-bond donors (Lipinski definition) is 1. The smallest absolute Gasteiger partial charge is 0.338 e. The summed E-state index contributed by atoms with van der Waals surface area (Å²) in [7, 11) is 0. The van der Waals surface area contributed by atoms with Gasteiger partial charge < -0.3 is 20.0 Å². The maximum absolute atomic E-state index is 11.8. The summed E-state index contributed by atoms with van der Waals surface area (Å²) in [4.78, 5) is 23.1. The first-order valence-corrected chi connectivity index (χ1v) is 7.07. The van der Waals surface area contributed by atoms with Crippen LogP contribution in [0.15, 0.2) is 30.4 Å². The Labute approximate surface area is 122 Å². The van der Waals surface area contributed by atoms with Gasteiger partial charge in [-0.2, -0.15) is 0 Å². The molecule has 2 aliphatic rings. The summed E-state index contributed by atoms with van der Waals surface area (Å²) in [6, 6.07) is 4.47. The number of ether oxygens (including phenoxy) is 1. The first kappa shape index (κ1) is 13.7. The number of carboxylic acids is 1. The molecule has 0 fully saturated rings. The van der Waals surface area contributed by atoms with Crippen molar-refractivity contribution in [2.24, 2.45) is 5.92 Å². The molecule has 1 aromatic rings. The second kappa shape index (κ2) is 5.24. The molecular weight excluding hydrogens is 270 g/mol. The van der Waals surface area contributed by atoms with Crippen LogP contribution in [0.3, 0.4) is 0 Å². The van der Waals surface area contributed by atoms with E-state index in [2.05, 4.69) is 5.32 Å². The number of esters is 1. The molecule has 3 atom stereocenters.